The zero-order valence-electron chi connectivity index (χ0n) is 14.5. The van der Waals surface area contributed by atoms with Gasteiger partial charge in [0.1, 0.15) is 16.1 Å². The van der Waals surface area contributed by atoms with Crippen molar-refractivity contribution in [2.24, 2.45) is 10.3 Å². The third-order valence-corrected chi connectivity index (χ3v) is 5.60. The Morgan fingerprint density at radius 3 is 2.36 bits per heavy atom. The third-order valence-electron chi connectivity index (χ3n) is 3.46. The van der Waals surface area contributed by atoms with Crippen molar-refractivity contribution in [1.82, 2.24) is 5.32 Å². The Bertz CT molecular complexity index is 485. The van der Waals surface area contributed by atoms with Gasteiger partial charge >= 0.3 is 0 Å². The van der Waals surface area contributed by atoms with E-state index in [1.54, 1.807) is 19.1 Å². The van der Waals surface area contributed by atoms with E-state index in [0.29, 0.717) is 10.7 Å². The smallest absolute Gasteiger partial charge is 0.220 e. The van der Waals surface area contributed by atoms with E-state index in [1.807, 2.05) is 34.6 Å². The van der Waals surface area contributed by atoms with Crippen molar-refractivity contribution in [1.29, 1.82) is 0 Å². The highest BCUT2D eigenvalue weighted by Gasteiger charge is 2.31. The largest absolute Gasteiger partial charge is 0.591 e. The van der Waals surface area contributed by atoms with E-state index in [2.05, 4.69) is 9.71 Å². The topological polar surface area (TPSA) is 64.5 Å². The summed E-state index contributed by atoms with van der Waals surface area (Å²) in [6.07, 6.45) is 4.25. The van der Waals surface area contributed by atoms with Crippen LogP contribution in [0.3, 0.4) is 0 Å². The lowest BCUT2D eigenvalue weighted by atomic mass is 10.1. The summed E-state index contributed by atoms with van der Waals surface area (Å²) in [7, 11) is 0. The van der Waals surface area contributed by atoms with Gasteiger partial charge in [0.2, 0.25) is 5.91 Å². The van der Waals surface area contributed by atoms with E-state index in [-0.39, 0.29) is 16.6 Å². The van der Waals surface area contributed by atoms with Crippen LogP contribution in [0.25, 0.3) is 0 Å². The minimum absolute atomic E-state index is 0.124. The molecule has 0 saturated heterocycles. The van der Waals surface area contributed by atoms with Crippen molar-refractivity contribution in [2.45, 2.75) is 59.6 Å². The summed E-state index contributed by atoms with van der Waals surface area (Å²) in [5.74, 6) is -0.249. The van der Waals surface area contributed by atoms with Gasteiger partial charge in [-0.05, 0) is 46.3 Å². The maximum atomic E-state index is 12.2. The van der Waals surface area contributed by atoms with Crippen LogP contribution in [0.15, 0.2) is 27.3 Å². The van der Waals surface area contributed by atoms with E-state index in [1.165, 1.54) is 6.92 Å². The average Bonchev–Trinajstić information content (AvgIpc) is 2.42. The van der Waals surface area contributed by atoms with Crippen LogP contribution in [0.5, 0.6) is 0 Å². The number of carbonyl (C=O) groups excluding carboxylic acids is 1. The molecule has 0 aliphatic rings. The van der Waals surface area contributed by atoms with Crippen molar-refractivity contribution >= 4 is 34.6 Å². The van der Waals surface area contributed by atoms with Crippen LogP contribution in [0.1, 0.15) is 54.9 Å². The molecule has 0 spiro atoms. The van der Waals surface area contributed by atoms with E-state index < -0.39 is 11.4 Å². The highest BCUT2D eigenvalue weighted by molar-refractivity contribution is 7.91. The van der Waals surface area contributed by atoms with Crippen molar-refractivity contribution in [2.75, 3.05) is 0 Å². The van der Waals surface area contributed by atoms with Crippen molar-refractivity contribution < 1.29 is 9.35 Å². The molecular formula is C16H27ClN2O2S. The number of nitrogens with one attached hydrogen (secondary N) is 1. The summed E-state index contributed by atoms with van der Waals surface area (Å²) in [5, 5.41) is 3.25. The van der Waals surface area contributed by atoms with E-state index in [0.717, 1.165) is 12.1 Å². The molecule has 0 aliphatic heterocycles. The summed E-state index contributed by atoms with van der Waals surface area (Å²) in [6, 6.07) is 0. The maximum Gasteiger partial charge on any atom is 0.220 e. The summed E-state index contributed by atoms with van der Waals surface area (Å²) in [6.45, 7) is 12.8. The molecule has 0 aromatic heterocycles. The van der Waals surface area contributed by atoms with Crippen molar-refractivity contribution in [3.05, 3.63) is 22.9 Å². The molecule has 0 rings (SSSR count). The predicted octanol–water partition coefficient (Wildman–Crippen LogP) is 4.10. The Kier molecular flexibility index (Phi) is 9.05. The van der Waals surface area contributed by atoms with Gasteiger partial charge < -0.3 is 9.87 Å². The number of allylic oxidation sites excluding steroid dienone is 4. The Labute approximate surface area is 142 Å². The van der Waals surface area contributed by atoms with Crippen molar-refractivity contribution in [3.8, 4) is 0 Å². The second kappa shape index (κ2) is 9.38. The summed E-state index contributed by atoms with van der Waals surface area (Å²) in [5.41, 5.74) is 1.44. The molecule has 4 nitrogen and oxygen atoms in total. The van der Waals surface area contributed by atoms with Gasteiger partial charge in [0.05, 0.1) is 5.71 Å². The highest BCUT2D eigenvalue weighted by Crippen LogP contribution is 2.24. The van der Waals surface area contributed by atoms with Crippen LogP contribution in [-0.2, 0) is 16.2 Å². The molecule has 0 aromatic carbocycles. The number of nitrogens with zero attached hydrogens (tertiary/aromatic N) is 1. The summed E-state index contributed by atoms with van der Waals surface area (Å²) >= 11 is 4.97. The summed E-state index contributed by atoms with van der Waals surface area (Å²) < 4.78 is 16.2. The highest BCUT2D eigenvalue weighted by atomic mass is 35.5. The Morgan fingerprint density at radius 2 is 1.91 bits per heavy atom. The SMILES string of the molecule is CCC(C)(C)[S+]([O-])N=C(C)C(C)/C(Cl)=C\C=C(/C)NC(C)=O. The number of hydrogen-bond acceptors (Lipinski definition) is 3. The number of hydrogen-bond donors (Lipinski definition) is 1. The third kappa shape index (κ3) is 7.47. The van der Waals surface area contributed by atoms with E-state index >= 15 is 0 Å². The Balaban J connectivity index is 5.01. The fourth-order valence-electron chi connectivity index (χ4n) is 1.32. The number of carbonyl (C=O) groups is 1. The fraction of sp³-hybridized carbons (Fsp3) is 0.625. The van der Waals surface area contributed by atoms with Gasteiger partial charge in [-0.25, -0.2) is 0 Å². The lowest BCUT2D eigenvalue weighted by Crippen LogP contribution is -2.30. The first-order chi connectivity index (χ1) is 10.0. The fourth-order valence-corrected chi connectivity index (χ4v) is 2.46. The number of halogens is 1. The standard InChI is InChI=1S/C16H27ClN2O2S/c1-8-16(6,7)22(21)19-13(4)12(3)15(17)10-9-11(2)18-14(5)20/h9-10,12H,8H2,1-7H3,(H,18,20)/b11-9+,15-10+,19-13?. The van der Waals surface area contributed by atoms with Gasteiger partial charge in [0.25, 0.3) is 0 Å². The second-order valence-electron chi connectivity index (χ2n) is 5.90. The molecule has 22 heavy (non-hydrogen) atoms. The molecule has 1 N–H and O–H groups in total. The van der Waals surface area contributed by atoms with E-state index in [4.69, 9.17) is 11.6 Å². The van der Waals surface area contributed by atoms with Crippen LogP contribution in [0.4, 0.5) is 0 Å². The average molecular weight is 347 g/mol. The normalized spacial score (nSPS) is 17.2. The molecule has 0 heterocycles. The Morgan fingerprint density at radius 1 is 1.36 bits per heavy atom. The van der Waals surface area contributed by atoms with E-state index in [9.17, 15) is 9.35 Å². The molecule has 126 valence electrons. The molecule has 0 bridgehead atoms. The molecule has 0 aromatic rings. The van der Waals surface area contributed by atoms with Crippen LogP contribution >= 0.6 is 11.6 Å². The zero-order valence-corrected chi connectivity index (χ0v) is 16.1. The molecular weight excluding hydrogens is 320 g/mol. The van der Waals surface area contributed by atoms with Crippen LogP contribution < -0.4 is 5.32 Å². The van der Waals surface area contributed by atoms with Crippen LogP contribution in [0, 0.1) is 5.92 Å². The lowest BCUT2D eigenvalue weighted by Gasteiger charge is -2.23. The van der Waals surface area contributed by atoms with Gasteiger partial charge in [0, 0.05) is 23.6 Å². The van der Waals surface area contributed by atoms with Crippen LogP contribution in [-0.4, -0.2) is 20.9 Å². The predicted molar refractivity (Wildman–Crippen MR) is 96.3 cm³/mol. The minimum atomic E-state index is -1.29. The first-order valence-electron chi connectivity index (χ1n) is 7.30. The first-order valence-corrected chi connectivity index (χ1v) is 8.78. The summed E-state index contributed by atoms with van der Waals surface area (Å²) in [4.78, 5) is 10.9. The molecule has 2 atom stereocenters. The van der Waals surface area contributed by atoms with Gasteiger partial charge in [-0.3, -0.25) is 4.79 Å². The van der Waals surface area contributed by atoms with Gasteiger partial charge in [0.15, 0.2) is 0 Å². The Hall–Kier alpha value is -0.780. The number of amides is 1. The molecule has 1 amide bonds. The van der Waals surface area contributed by atoms with Gasteiger partial charge in [-0.1, -0.05) is 29.8 Å². The van der Waals surface area contributed by atoms with Gasteiger partial charge in [-0.15, -0.1) is 0 Å². The van der Waals surface area contributed by atoms with Crippen molar-refractivity contribution in [3.63, 3.8) is 0 Å². The monoisotopic (exact) mass is 346 g/mol. The maximum absolute atomic E-state index is 12.2. The van der Waals surface area contributed by atoms with Gasteiger partial charge in [-0.2, -0.15) is 0 Å². The zero-order chi connectivity index (χ0) is 17.5. The molecule has 0 fully saturated rings. The van der Waals surface area contributed by atoms with Crippen LogP contribution in [0.2, 0.25) is 0 Å². The molecule has 2 unspecified atom stereocenters. The molecule has 0 aliphatic carbocycles. The number of rotatable bonds is 7. The quantitative estimate of drug-likeness (QED) is 0.428. The first kappa shape index (κ1) is 21.2. The minimum Gasteiger partial charge on any atom is -0.591 e. The second-order valence-corrected chi connectivity index (χ2v) is 8.12. The lowest BCUT2D eigenvalue weighted by molar-refractivity contribution is -0.118. The molecule has 0 saturated carbocycles. The molecule has 6 heteroatoms. The molecule has 0 radical (unpaired) electrons.